The lowest BCUT2D eigenvalue weighted by Gasteiger charge is -2.21. The van der Waals surface area contributed by atoms with E-state index in [-0.39, 0.29) is 12.7 Å². The number of fused-ring (bicyclic) bond motifs is 3. The summed E-state index contributed by atoms with van der Waals surface area (Å²) in [4.78, 5) is 3.31. The fraction of sp³-hybridized carbons (Fsp3) is 0.333. The molecule has 1 unspecified atom stereocenters. The van der Waals surface area contributed by atoms with Gasteiger partial charge in [-0.15, -0.1) is 0 Å². The van der Waals surface area contributed by atoms with Crippen LogP contribution in [0.3, 0.4) is 0 Å². The van der Waals surface area contributed by atoms with Crippen molar-refractivity contribution >= 4 is 10.9 Å². The zero-order valence-corrected chi connectivity index (χ0v) is 8.39. The molecule has 0 radical (unpaired) electrons. The third-order valence-corrected chi connectivity index (χ3v) is 3.12. The topological polar surface area (TPSA) is 27.8 Å². The molecule has 1 atom stereocenters. The third kappa shape index (κ3) is 1.27. The highest BCUT2D eigenvalue weighted by Gasteiger charge is 2.23. The maximum atomic E-state index is 12.8. The number of aromatic amines is 1. The van der Waals surface area contributed by atoms with Crippen LogP contribution in [0, 0.1) is 0 Å². The Labute approximate surface area is 87.5 Å². The highest BCUT2D eigenvalue weighted by molar-refractivity contribution is 5.85. The number of alkyl halides is 1. The molecule has 1 aliphatic heterocycles. The van der Waals surface area contributed by atoms with E-state index in [2.05, 4.69) is 16.4 Å². The normalized spacial score (nSPS) is 20.5. The van der Waals surface area contributed by atoms with Crippen molar-refractivity contribution in [2.45, 2.75) is 12.5 Å². The molecule has 78 valence electrons. The van der Waals surface area contributed by atoms with Crippen LogP contribution in [0.4, 0.5) is 4.39 Å². The molecule has 2 N–H and O–H groups in total. The molecule has 0 fully saturated rings. The number of hydrogen-bond donors (Lipinski definition) is 2. The van der Waals surface area contributed by atoms with E-state index in [1.54, 1.807) is 0 Å². The van der Waals surface area contributed by atoms with Crippen molar-refractivity contribution in [1.82, 2.24) is 10.3 Å². The van der Waals surface area contributed by atoms with Gasteiger partial charge in [0.15, 0.2) is 0 Å². The fourth-order valence-corrected chi connectivity index (χ4v) is 2.39. The van der Waals surface area contributed by atoms with E-state index in [0.29, 0.717) is 0 Å². The van der Waals surface area contributed by atoms with Crippen LogP contribution >= 0.6 is 0 Å². The fourth-order valence-electron chi connectivity index (χ4n) is 2.39. The zero-order chi connectivity index (χ0) is 10.3. The highest BCUT2D eigenvalue weighted by Crippen LogP contribution is 2.29. The molecule has 1 aromatic heterocycles. The molecule has 0 spiro atoms. The van der Waals surface area contributed by atoms with Crippen LogP contribution in [0.5, 0.6) is 0 Å². The van der Waals surface area contributed by atoms with Crippen molar-refractivity contribution in [2.24, 2.45) is 0 Å². The van der Waals surface area contributed by atoms with Crippen molar-refractivity contribution in [3.05, 3.63) is 35.5 Å². The average molecular weight is 204 g/mol. The molecule has 0 amide bonds. The molecular weight excluding hydrogens is 191 g/mol. The number of para-hydroxylation sites is 1. The van der Waals surface area contributed by atoms with Crippen molar-refractivity contribution in [2.75, 3.05) is 13.2 Å². The standard InChI is InChI=1S/C12H13FN2/c13-7-11-12-9(5-6-14-11)8-3-1-2-4-10(8)15-12/h1-4,11,14-15H,5-7H2. The molecule has 0 saturated heterocycles. The predicted molar refractivity (Wildman–Crippen MR) is 58.7 cm³/mol. The Morgan fingerprint density at radius 3 is 3.07 bits per heavy atom. The van der Waals surface area contributed by atoms with Gasteiger partial charge in [-0.2, -0.15) is 0 Å². The molecule has 2 aromatic rings. The van der Waals surface area contributed by atoms with E-state index >= 15 is 0 Å². The van der Waals surface area contributed by atoms with Gasteiger partial charge in [-0.3, -0.25) is 0 Å². The summed E-state index contributed by atoms with van der Waals surface area (Å²) in [6.07, 6.45) is 0.982. The van der Waals surface area contributed by atoms with Crippen LogP contribution in [-0.2, 0) is 6.42 Å². The van der Waals surface area contributed by atoms with Gasteiger partial charge in [-0.1, -0.05) is 18.2 Å². The number of hydrogen-bond acceptors (Lipinski definition) is 1. The van der Waals surface area contributed by atoms with Gasteiger partial charge in [0.05, 0.1) is 6.04 Å². The van der Waals surface area contributed by atoms with Crippen molar-refractivity contribution in [3.8, 4) is 0 Å². The predicted octanol–water partition coefficient (Wildman–Crippen LogP) is 2.32. The summed E-state index contributed by atoms with van der Waals surface area (Å²) >= 11 is 0. The van der Waals surface area contributed by atoms with Crippen molar-refractivity contribution in [1.29, 1.82) is 0 Å². The second-order valence-electron chi connectivity index (χ2n) is 3.97. The van der Waals surface area contributed by atoms with E-state index in [1.807, 2.05) is 18.2 Å². The first-order valence-corrected chi connectivity index (χ1v) is 5.29. The number of aromatic nitrogens is 1. The van der Waals surface area contributed by atoms with E-state index in [0.717, 1.165) is 24.2 Å². The second kappa shape index (κ2) is 3.35. The molecule has 0 saturated carbocycles. The van der Waals surface area contributed by atoms with Gasteiger partial charge in [0.25, 0.3) is 0 Å². The van der Waals surface area contributed by atoms with Crippen LogP contribution in [0.2, 0.25) is 0 Å². The van der Waals surface area contributed by atoms with Crippen LogP contribution in [0.1, 0.15) is 17.3 Å². The molecule has 2 nitrogen and oxygen atoms in total. The Balaban J connectivity index is 2.24. The quantitative estimate of drug-likeness (QED) is 0.733. The van der Waals surface area contributed by atoms with Crippen LogP contribution in [0.15, 0.2) is 24.3 Å². The minimum absolute atomic E-state index is 0.152. The Kier molecular flexibility index (Phi) is 1.99. The lowest BCUT2D eigenvalue weighted by atomic mass is 10.00. The Hall–Kier alpha value is -1.35. The molecule has 0 aliphatic carbocycles. The van der Waals surface area contributed by atoms with E-state index in [4.69, 9.17) is 0 Å². The lowest BCUT2D eigenvalue weighted by molar-refractivity contribution is 0.367. The number of nitrogens with one attached hydrogen (secondary N) is 2. The van der Waals surface area contributed by atoms with Gasteiger partial charge in [-0.25, -0.2) is 4.39 Å². The maximum Gasteiger partial charge on any atom is 0.110 e. The first-order valence-electron chi connectivity index (χ1n) is 5.29. The number of halogens is 1. The summed E-state index contributed by atoms with van der Waals surface area (Å²) in [7, 11) is 0. The summed E-state index contributed by atoms with van der Waals surface area (Å²) in [6, 6.07) is 8.03. The SMILES string of the molecule is FCC1NCCc2c1[nH]c1ccccc21. The molecule has 15 heavy (non-hydrogen) atoms. The van der Waals surface area contributed by atoms with Gasteiger partial charge in [0.1, 0.15) is 6.67 Å². The van der Waals surface area contributed by atoms with E-state index in [9.17, 15) is 4.39 Å². The van der Waals surface area contributed by atoms with Gasteiger partial charge >= 0.3 is 0 Å². The smallest absolute Gasteiger partial charge is 0.110 e. The van der Waals surface area contributed by atoms with Gasteiger partial charge < -0.3 is 10.3 Å². The Morgan fingerprint density at radius 1 is 1.33 bits per heavy atom. The number of rotatable bonds is 1. The van der Waals surface area contributed by atoms with Crippen LogP contribution in [0.25, 0.3) is 10.9 Å². The first kappa shape index (κ1) is 8.92. The molecule has 3 heteroatoms. The summed E-state index contributed by atoms with van der Waals surface area (Å²) < 4.78 is 12.8. The van der Waals surface area contributed by atoms with Crippen molar-refractivity contribution in [3.63, 3.8) is 0 Å². The summed E-state index contributed by atoms with van der Waals surface area (Å²) in [6.45, 7) is 0.517. The first-order chi connectivity index (χ1) is 7.40. The largest absolute Gasteiger partial charge is 0.357 e. The lowest BCUT2D eigenvalue weighted by Crippen LogP contribution is -2.30. The minimum atomic E-state index is -0.347. The van der Waals surface area contributed by atoms with Crippen LogP contribution in [-0.4, -0.2) is 18.2 Å². The number of benzene rings is 1. The molecular formula is C12H13FN2. The van der Waals surface area contributed by atoms with Crippen LogP contribution < -0.4 is 5.32 Å². The van der Waals surface area contributed by atoms with Crippen molar-refractivity contribution < 1.29 is 4.39 Å². The van der Waals surface area contributed by atoms with Gasteiger partial charge in [0.2, 0.25) is 0 Å². The second-order valence-corrected chi connectivity index (χ2v) is 3.97. The third-order valence-electron chi connectivity index (χ3n) is 3.12. The molecule has 2 heterocycles. The zero-order valence-electron chi connectivity index (χ0n) is 8.39. The Morgan fingerprint density at radius 2 is 2.20 bits per heavy atom. The molecule has 1 aromatic carbocycles. The van der Waals surface area contributed by atoms with E-state index < -0.39 is 0 Å². The average Bonchev–Trinajstić information content (AvgIpc) is 2.67. The van der Waals surface area contributed by atoms with Gasteiger partial charge in [-0.05, 0) is 24.6 Å². The Bertz CT molecular complexity index is 489. The molecule has 3 rings (SSSR count). The maximum absolute atomic E-state index is 12.8. The molecule has 0 bridgehead atoms. The molecule has 1 aliphatic rings. The van der Waals surface area contributed by atoms with Gasteiger partial charge in [0, 0.05) is 16.6 Å². The highest BCUT2D eigenvalue weighted by atomic mass is 19.1. The summed E-state index contributed by atoms with van der Waals surface area (Å²) in [5, 5.41) is 4.42. The number of H-pyrrole nitrogens is 1. The summed E-state index contributed by atoms with van der Waals surface area (Å²) in [5.41, 5.74) is 3.43. The monoisotopic (exact) mass is 204 g/mol. The summed E-state index contributed by atoms with van der Waals surface area (Å²) in [5.74, 6) is 0. The van der Waals surface area contributed by atoms with E-state index in [1.165, 1.54) is 10.9 Å². The minimum Gasteiger partial charge on any atom is -0.357 e.